The molecule has 22 heavy (non-hydrogen) atoms. The number of amides is 1. The number of benzene rings is 2. The summed E-state index contributed by atoms with van der Waals surface area (Å²) >= 11 is 0. The highest BCUT2D eigenvalue weighted by Crippen LogP contribution is 2.21. The van der Waals surface area contributed by atoms with Gasteiger partial charge in [-0.05, 0) is 5.39 Å². The predicted molar refractivity (Wildman–Crippen MR) is 82.7 cm³/mol. The number of aliphatic hydroxyl groups is 1. The summed E-state index contributed by atoms with van der Waals surface area (Å²) in [4.78, 5) is 11.9. The third kappa shape index (κ3) is 3.10. The van der Waals surface area contributed by atoms with Gasteiger partial charge in [-0.3, -0.25) is 4.79 Å². The fourth-order valence-electron chi connectivity index (χ4n) is 2.85. The van der Waals surface area contributed by atoms with Crippen LogP contribution in [0.4, 0.5) is 4.39 Å². The van der Waals surface area contributed by atoms with Crippen LogP contribution in [0.25, 0.3) is 10.8 Å². The van der Waals surface area contributed by atoms with Crippen molar-refractivity contribution in [3.8, 4) is 0 Å². The van der Waals surface area contributed by atoms with Gasteiger partial charge < -0.3 is 15.7 Å². The Morgan fingerprint density at radius 1 is 1.27 bits per heavy atom. The van der Waals surface area contributed by atoms with Crippen LogP contribution >= 0.6 is 0 Å². The molecule has 0 spiro atoms. The molecule has 1 heterocycles. The predicted octanol–water partition coefficient (Wildman–Crippen LogP) is 1.57. The number of β-amino-alcohol motifs (C(OH)–C–C–N with tert-alkyl or cyclic N) is 1. The standard InChI is InChI=1S/C17H19FN2O2/c18-17-12(6-5-11-3-1-2-4-14(11)17)9-20-16(22)7-13-8-19-10-15(13)21/h1-6,13,15,19,21H,7-10H2,(H,20,22)/t13-,15-/m1/s1. The van der Waals surface area contributed by atoms with Gasteiger partial charge in [0.05, 0.1) is 6.10 Å². The van der Waals surface area contributed by atoms with Crippen molar-refractivity contribution in [2.24, 2.45) is 5.92 Å². The molecule has 116 valence electrons. The van der Waals surface area contributed by atoms with Crippen LogP contribution in [0.15, 0.2) is 36.4 Å². The Kier molecular flexibility index (Phi) is 4.36. The molecule has 5 heteroatoms. The number of nitrogens with one attached hydrogen (secondary N) is 2. The normalized spacial score (nSPS) is 21.2. The van der Waals surface area contributed by atoms with Gasteiger partial charge in [-0.2, -0.15) is 0 Å². The molecule has 0 radical (unpaired) electrons. The van der Waals surface area contributed by atoms with Crippen LogP contribution in [0.5, 0.6) is 0 Å². The summed E-state index contributed by atoms with van der Waals surface area (Å²) in [6.07, 6.45) is -0.230. The smallest absolute Gasteiger partial charge is 0.220 e. The molecule has 2 atom stereocenters. The average Bonchev–Trinajstić information content (AvgIpc) is 2.92. The Balaban J connectivity index is 1.64. The summed E-state index contributed by atoms with van der Waals surface area (Å²) in [7, 11) is 0. The summed E-state index contributed by atoms with van der Waals surface area (Å²) in [6, 6.07) is 10.8. The van der Waals surface area contributed by atoms with Gasteiger partial charge >= 0.3 is 0 Å². The van der Waals surface area contributed by atoms with E-state index in [1.165, 1.54) is 0 Å². The van der Waals surface area contributed by atoms with Gasteiger partial charge in [-0.1, -0.05) is 36.4 Å². The molecule has 0 unspecified atom stereocenters. The van der Waals surface area contributed by atoms with Crippen molar-refractivity contribution in [2.75, 3.05) is 13.1 Å². The fourth-order valence-corrected chi connectivity index (χ4v) is 2.85. The highest BCUT2D eigenvalue weighted by molar-refractivity contribution is 5.84. The molecule has 1 fully saturated rings. The van der Waals surface area contributed by atoms with Crippen LogP contribution < -0.4 is 10.6 Å². The van der Waals surface area contributed by atoms with Gasteiger partial charge in [-0.25, -0.2) is 4.39 Å². The Morgan fingerprint density at radius 3 is 2.86 bits per heavy atom. The second-order valence-electron chi connectivity index (χ2n) is 5.73. The van der Waals surface area contributed by atoms with E-state index in [4.69, 9.17) is 0 Å². The monoisotopic (exact) mass is 302 g/mol. The first kappa shape index (κ1) is 14.9. The van der Waals surface area contributed by atoms with E-state index in [1.807, 2.05) is 18.2 Å². The number of aliphatic hydroxyl groups excluding tert-OH is 1. The van der Waals surface area contributed by atoms with Gasteiger partial charge in [0, 0.05) is 42.9 Å². The fraction of sp³-hybridized carbons (Fsp3) is 0.353. The van der Waals surface area contributed by atoms with Crippen molar-refractivity contribution in [3.05, 3.63) is 47.8 Å². The van der Waals surface area contributed by atoms with E-state index in [9.17, 15) is 14.3 Å². The maximum atomic E-state index is 14.4. The molecule has 0 aromatic heterocycles. The number of carbonyl (C=O) groups is 1. The number of carbonyl (C=O) groups excluding carboxylic acids is 1. The first-order valence-corrected chi connectivity index (χ1v) is 7.47. The molecule has 0 saturated carbocycles. The number of hydrogen-bond acceptors (Lipinski definition) is 3. The minimum absolute atomic E-state index is 0.0681. The zero-order chi connectivity index (χ0) is 15.5. The van der Waals surface area contributed by atoms with Crippen LogP contribution in [-0.2, 0) is 11.3 Å². The zero-order valence-corrected chi connectivity index (χ0v) is 12.2. The Hall–Kier alpha value is -1.98. The van der Waals surface area contributed by atoms with Crippen molar-refractivity contribution in [1.29, 1.82) is 0 Å². The number of fused-ring (bicyclic) bond motifs is 1. The van der Waals surface area contributed by atoms with Crippen LogP contribution in [-0.4, -0.2) is 30.2 Å². The maximum absolute atomic E-state index is 14.4. The van der Waals surface area contributed by atoms with E-state index in [0.29, 0.717) is 24.0 Å². The molecule has 2 aromatic rings. The highest BCUT2D eigenvalue weighted by atomic mass is 19.1. The summed E-state index contributed by atoms with van der Waals surface area (Å²) in [5.41, 5.74) is 0.470. The van der Waals surface area contributed by atoms with Crippen LogP contribution in [0.2, 0.25) is 0 Å². The molecule has 1 aliphatic heterocycles. The molecular formula is C17H19FN2O2. The Bertz CT molecular complexity index is 689. The lowest BCUT2D eigenvalue weighted by molar-refractivity contribution is -0.122. The lowest BCUT2D eigenvalue weighted by Gasteiger charge is -2.13. The highest BCUT2D eigenvalue weighted by Gasteiger charge is 2.26. The summed E-state index contributed by atoms with van der Waals surface area (Å²) in [5.74, 6) is -0.525. The van der Waals surface area contributed by atoms with Crippen molar-refractivity contribution < 1.29 is 14.3 Å². The molecule has 4 nitrogen and oxygen atoms in total. The number of hydrogen-bond donors (Lipinski definition) is 3. The number of halogens is 1. The second-order valence-corrected chi connectivity index (χ2v) is 5.73. The second kappa shape index (κ2) is 6.42. The molecule has 0 aliphatic carbocycles. The first-order chi connectivity index (χ1) is 10.6. The zero-order valence-electron chi connectivity index (χ0n) is 12.2. The Morgan fingerprint density at radius 2 is 2.09 bits per heavy atom. The van der Waals surface area contributed by atoms with Crippen molar-refractivity contribution in [1.82, 2.24) is 10.6 Å². The van der Waals surface area contributed by atoms with Gasteiger partial charge in [-0.15, -0.1) is 0 Å². The topological polar surface area (TPSA) is 61.4 Å². The van der Waals surface area contributed by atoms with E-state index in [1.54, 1.807) is 18.2 Å². The van der Waals surface area contributed by atoms with E-state index >= 15 is 0 Å². The largest absolute Gasteiger partial charge is 0.391 e. The lowest BCUT2D eigenvalue weighted by Crippen LogP contribution is -2.29. The van der Waals surface area contributed by atoms with Gasteiger partial charge in [0.15, 0.2) is 0 Å². The Labute approximate surface area is 128 Å². The van der Waals surface area contributed by atoms with Gasteiger partial charge in [0.2, 0.25) is 5.91 Å². The van der Waals surface area contributed by atoms with Gasteiger partial charge in [0.25, 0.3) is 0 Å². The van der Waals surface area contributed by atoms with E-state index < -0.39 is 6.10 Å². The van der Waals surface area contributed by atoms with E-state index in [-0.39, 0.29) is 30.6 Å². The third-order valence-corrected chi connectivity index (χ3v) is 4.17. The SMILES string of the molecule is O=C(C[C@@H]1CNC[C@H]1O)NCc1ccc2ccccc2c1F. The molecule has 3 rings (SSSR count). The first-order valence-electron chi connectivity index (χ1n) is 7.47. The molecule has 0 bridgehead atoms. The van der Waals surface area contributed by atoms with Gasteiger partial charge in [0.1, 0.15) is 5.82 Å². The molecule has 2 aromatic carbocycles. The van der Waals surface area contributed by atoms with Crippen LogP contribution in [0, 0.1) is 11.7 Å². The molecular weight excluding hydrogens is 283 g/mol. The summed E-state index contributed by atoms with van der Waals surface area (Å²) < 4.78 is 14.4. The molecule has 1 aliphatic rings. The minimum atomic E-state index is -0.483. The maximum Gasteiger partial charge on any atom is 0.220 e. The van der Waals surface area contributed by atoms with E-state index in [2.05, 4.69) is 10.6 Å². The average molecular weight is 302 g/mol. The summed E-state index contributed by atoms with van der Waals surface area (Å²) in [5, 5.41) is 16.9. The summed E-state index contributed by atoms with van der Waals surface area (Å²) in [6.45, 7) is 1.32. The molecule has 1 amide bonds. The van der Waals surface area contributed by atoms with Crippen LogP contribution in [0.3, 0.4) is 0 Å². The van der Waals surface area contributed by atoms with Crippen molar-refractivity contribution in [3.63, 3.8) is 0 Å². The van der Waals surface area contributed by atoms with Crippen LogP contribution in [0.1, 0.15) is 12.0 Å². The van der Waals surface area contributed by atoms with Crippen molar-refractivity contribution >= 4 is 16.7 Å². The quantitative estimate of drug-likeness (QED) is 0.803. The van der Waals surface area contributed by atoms with Crippen molar-refractivity contribution in [2.45, 2.75) is 19.1 Å². The van der Waals surface area contributed by atoms with E-state index in [0.717, 1.165) is 5.39 Å². The third-order valence-electron chi connectivity index (χ3n) is 4.17. The number of rotatable bonds is 4. The lowest BCUT2D eigenvalue weighted by atomic mass is 10.0. The molecule has 3 N–H and O–H groups in total. The molecule has 1 saturated heterocycles. The minimum Gasteiger partial charge on any atom is -0.391 e.